The van der Waals surface area contributed by atoms with Gasteiger partial charge in [-0.05, 0) is 30.3 Å². The van der Waals surface area contributed by atoms with Crippen LogP contribution in [0.3, 0.4) is 0 Å². The molecule has 0 spiro atoms. The van der Waals surface area contributed by atoms with Crippen LogP contribution in [0.2, 0.25) is 5.02 Å². The van der Waals surface area contributed by atoms with Gasteiger partial charge in [0, 0.05) is 23.4 Å². The fraction of sp³-hybridized carbons (Fsp3) is 0.312. The summed E-state index contributed by atoms with van der Waals surface area (Å²) in [4.78, 5) is 0. The second-order valence-corrected chi connectivity index (χ2v) is 5.72. The highest BCUT2D eigenvalue weighted by molar-refractivity contribution is 6.30. The summed E-state index contributed by atoms with van der Waals surface area (Å²) in [6.45, 7) is 2.10. The minimum absolute atomic E-state index is 0.0452. The Morgan fingerprint density at radius 3 is 3.05 bits per heavy atom. The van der Waals surface area contributed by atoms with E-state index in [1.807, 2.05) is 35.3 Å². The first-order valence-corrected chi connectivity index (χ1v) is 7.50. The third-order valence-electron chi connectivity index (χ3n) is 3.99. The number of fused-ring (bicyclic) bond motifs is 3. The lowest BCUT2D eigenvalue weighted by molar-refractivity contribution is -0.0188. The van der Waals surface area contributed by atoms with Gasteiger partial charge in [0.15, 0.2) is 6.23 Å². The highest BCUT2D eigenvalue weighted by atomic mass is 35.5. The number of hydrazone groups is 1. The number of ether oxygens (including phenoxy) is 1. The number of furan rings is 1. The number of hydrogen-bond donors (Lipinski definition) is 0. The SMILES string of the molecule is CC[C@H]1Oc2ccc(Cl)cc2[C@H]2CC(c3ccco3)=NN21. The zero-order valence-corrected chi connectivity index (χ0v) is 12.4. The van der Waals surface area contributed by atoms with Crippen molar-refractivity contribution in [3.63, 3.8) is 0 Å². The molecule has 1 aromatic carbocycles. The largest absolute Gasteiger partial charge is 0.469 e. The van der Waals surface area contributed by atoms with E-state index >= 15 is 0 Å². The van der Waals surface area contributed by atoms with Crippen molar-refractivity contribution in [1.82, 2.24) is 5.01 Å². The first-order valence-electron chi connectivity index (χ1n) is 7.12. The van der Waals surface area contributed by atoms with Crippen molar-refractivity contribution in [1.29, 1.82) is 0 Å². The molecule has 4 nitrogen and oxygen atoms in total. The van der Waals surface area contributed by atoms with Gasteiger partial charge in [0.05, 0.1) is 12.3 Å². The molecule has 0 saturated carbocycles. The van der Waals surface area contributed by atoms with Gasteiger partial charge in [-0.1, -0.05) is 18.5 Å². The van der Waals surface area contributed by atoms with Gasteiger partial charge in [-0.15, -0.1) is 0 Å². The maximum atomic E-state index is 6.14. The third-order valence-corrected chi connectivity index (χ3v) is 4.22. The molecule has 0 radical (unpaired) electrons. The minimum atomic E-state index is -0.0452. The second kappa shape index (κ2) is 4.81. The molecule has 108 valence electrons. The van der Waals surface area contributed by atoms with Gasteiger partial charge < -0.3 is 9.15 Å². The van der Waals surface area contributed by atoms with Crippen LogP contribution in [0.5, 0.6) is 5.75 Å². The zero-order chi connectivity index (χ0) is 14.4. The monoisotopic (exact) mass is 302 g/mol. The molecule has 2 aliphatic rings. The van der Waals surface area contributed by atoms with E-state index in [1.165, 1.54) is 0 Å². The van der Waals surface area contributed by atoms with Crippen molar-refractivity contribution in [3.05, 3.63) is 52.9 Å². The molecule has 0 amide bonds. The molecule has 5 heteroatoms. The molecule has 0 saturated heterocycles. The van der Waals surface area contributed by atoms with Crippen LogP contribution >= 0.6 is 11.6 Å². The zero-order valence-electron chi connectivity index (χ0n) is 11.6. The maximum absolute atomic E-state index is 6.14. The first kappa shape index (κ1) is 12.8. The topological polar surface area (TPSA) is 38.0 Å². The Morgan fingerprint density at radius 1 is 1.38 bits per heavy atom. The molecule has 1 aromatic heterocycles. The summed E-state index contributed by atoms with van der Waals surface area (Å²) in [6, 6.07) is 9.78. The molecule has 3 heterocycles. The molecule has 0 aliphatic carbocycles. The fourth-order valence-electron chi connectivity index (χ4n) is 2.99. The summed E-state index contributed by atoms with van der Waals surface area (Å²) in [5.41, 5.74) is 2.05. The number of hydrogen-bond acceptors (Lipinski definition) is 4. The summed E-state index contributed by atoms with van der Waals surface area (Å²) in [5.74, 6) is 1.73. The third kappa shape index (κ3) is 2.02. The predicted octanol–water partition coefficient (Wildman–Crippen LogP) is 4.21. The van der Waals surface area contributed by atoms with E-state index in [0.29, 0.717) is 0 Å². The van der Waals surface area contributed by atoms with Gasteiger partial charge in [-0.2, -0.15) is 5.10 Å². The lowest BCUT2D eigenvalue weighted by Gasteiger charge is -2.37. The average Bonchev–Trinajstić information content (AvgIpc) is 3.15. The molecular formula is C16H15ClN2O2. The standard InChI is InChI=1S/C16H15ClN2O2/c1-2-16-19-13(9-12(18-19)15-4-3-7-20-15)11-8-10(17)5-6-14(11)21-16/h3-8,13,16H,2,9H2,1H3/t13-,16-/m1/s1. The lowest BCUT2D eigenvalue weighted by atomic mass is 9.98. The van der Waals surface area contributed by atoms with E-state index in [2.05, 4.69) is 6.92 Å². The first-order chi connectivity index (χ1) is 10.3. The second-order valence-electron chi connectivity index (χ2n) is 5.29. The molecule has 0 N–H and O–H groups in total. The van der Waals surface area contributed by atoms with Gasteiger partial charge in [0.1, 0.15) is 17.2 Å². The average molecular weight is 303 g/mol. The molecule has 0 unspecified atom stereocenters. The number of halogens is 1. The van der Waals surface area contributed by atoms with Crippen LogP contribution in [0, 0.1) is 0 Å². The van der Waals surface area contributed by atoms with Gasteiger partial charge in [-0.25, -0.2) is 0 Å². The molecule has 4 rings (SSSR count). The molecule has 0 fully saturated rings. The van der Waals surface area contributed by atoms with Crippen LogP contribution < -0.4 is 4.74 Å². The summed E-state index contributed by atoms with van der Waals surface area (Å²) in [6.07, 6.45) is 3.30. The summed E-state index contributed by atoms with van der Waals surface area (Å²) in [5, 5.41) is 7.48. The Morgan fingerprint density at radius 2 is 2.29 bits per heavy atom. The van der Waals surface area contributed by atoms with Crippen molar-refractivity contribution in [2.24, 2.45) is 5.10 Å². The number of benzene rings is 1. The normalized spacial score (nSPS) is 23.3. The molecular weight excluding hydrogens is 288 g/mol. The van der Waals surface area contributed by atoms with Crippen LogP contribution in [0.4, 0.5) is 0 Å². The molecule has 0 bridgehead atoms. The Hall–Kier alpha value is -1.94. The van der Waals surface area contributed by atoms with Gasteiger partial charge in [0.25, 0.3) is 0 Å². The minimum Gasteiger partial charge on any atom is -0.469 e. The summed E-state index contributed by atoms with van der Waals surface area (Å²) >= 11 is 6.14. The highest BCUT2D eigenvalue weighted by Gasteiger charge is 2.40. The summed E-state index contributed by atoms with van der Waals surface area (Å²) < 4.78 is 11.5. The van der Waals surface area contributed by atoms with Crippen LogP contribution in [0.1, 0.15) is 37.1 Å². The quantitative estimate of drug-likeness (QED) is 0.834. The van der Waals surface area contributed by atoms with Crippen molar-refractivity contribution in [2.75, 3.05) is 0 Å². The van der Waals surface area contributed by atoms with Gasteiger partial charge in [-0.3, -0.25) is 5.01 Å². The summed E-state index contributed by atoms with van der Waals surface area (Å²) in [7, 11) is 0. The van der Waals surface area contributed by atoms with Crippen molar-refractivity contribution < 1.29 is 9.15 Å². The van der Waals surface area contributed by atoms with E-state index < -0.39 is 0 Å². The number of nitrogens with zero attached hydrogens (tertiary/aromatic N) is 2. The van der Waals surface area contributed by atoms with Crippen molar-refractivity contribution >= 4 is 17.3 Å². The predicted molar refractivity (Wildman–Crippen MR) is 80.6 cm³/mol. The highest BCUT2D eigenvalue weighted by Crippen LogP contribution is 2.44. The van der Waals surface area contributed by atoms with Gasteiger partial charge in [0.2, 0.25) is 0 Å². The molecule has 21 heavy (non-hydrogen) atoms. The molecule has 2 aromatic rings. The molecule has 2 atom stereocenters. The smallest absolute Gasteiger partial charge is 0.187 e. The Bertz CT molecular complexity index is 696. The van der Waals surface area contributed by atoms with Gasteiger partial charge >= 0.3 is 0 Å². The van der Waals surface area contributed by atoms with Crippen molar-refractivity contribution in [2.45, 2.75) is 32.0 Å². The van der Waals surface area contributed by atoms with E-state index in [1.54, 1.807) is 6.26 Å². The Balaban J connectivity index is 1.76. The van der Waals surface area contributed by atoms with E-state index in [-0.39, 0.29) is 12.3 Å². The van der Waals surface area contributed by atoms with E-state index in [9.17, 15) is 0 Å². The Labute approximate surface area is 128 Å². The van der Waals surface area contributed by atoms with E-state index in [4.69, 9.17) is 25.9 Å². The van der Waals surface area contributed by atoms with Crippen LogP contribution in [-0.4, -0.2) is 16.9 Å². The van der Waals surface area contributed by atoms with Crippen LogP contribution in [0.15, 0.2) is 46.1 Å². The number of rotatable bonds is 2. The maximum Gasteiger partial charge on any atom is 0.187 e. The van der Waals surface area contributed by atoms with Crippen LogP contribution in [0.25, 0.3) is 0 Å². The lowest BCUT2D eigenvalue weighted by Crippen LogP contribution is -2.39. The fourth-order valence-corrected chi connectivity index (χ4v) is 3.18. The van der Waals surface area contributed by atoms with E-state index in [0.717, 1.165) is 40.6 Å². The Kier molecular flexibility index (Phi) is 2.93. The van der Waals surface area contributed by atoms with Crippen molar-refractivity contribution in [3.8, 4) is 5.75 Å². The van der Waals surface area contributed by atoms with Crippen LogP contribution in [-0.2, 0) is 0 Å². The molecule has 2 aliphatic heterocycles.